The lowest BCUT2D eigenvalue weighted by molar-refractivity contribution is -0.122. The molecule has 4 nitrogen and oxygen atoms in total. The number of hydrogen-bond donors (Lipinski definition) is 1. The van der Waals surface area contributed by atoms with Gasteiger partial charge in [-0.25, -0.2) is 0 Å². The first-order valence-corrected chi connectivity index (χ1v) is 8.34. The van der Waals surface area contributed by atoms with Crippen molar-refractivity contribution >= 4 is 29.1 Å². The zero-order valence-corrected chi connectivity index (χ0v) is 13.9. The predicted octanol–water partition coefficient (Wildman–Crippen LogP) is 2.66. The number of aryl methyl sites for hydroxylation is 2. The van der Waals surface area contributed by atoms with Gasteiger partial charge in [-0.15, -0.1) is 11.6 Å². The Kier molecular flexibility index (Phi) is 5.83. The van der Waals surface area contributed by atoms with Gasteiger partial charge in [-0.2, -0.15) is 0 Å². The van der Waals surface area contributed by atoms with Gasteiger partial charge >= 0.3 is 0 Å². The maximum atomic E-state index is 12.2. The molecule has 1 aliphatic rings. The van der Waals surface area contributed by atoms with Gasteiger partial charge in [0, 0.05) is 24.7 Å². The molecule has 5 heteroatoms. The van der Waals surface area contributed by atoms with E-state index in [1.807, 2.05) is 25.1 Å². The zero-order chi connectivity index (χ0) is 16.1. The van der Waals surface area contributed by atoms with Gasteiger partial charge in [0.15, 0.2) is 0 Å². The fourth-order valence-electron chi connectivity index (χ4n) is 2.61. The average molecular weight is 323 g/mol. The number of carbonyl (C=O) groups excluding carboxylic acids is 2. The monoisotopic (exact) mass is 322 g/mol. The smallest absolute Gasteiger partial charge is 0.241 e. The van der Waals surface area contributed by atoms with Gasteiger partial charge in [0.25, 0.3) is 0 Å². The van der Waals surface area contributed by atoms with Crippen LogP contribution in [-0.2, 0) is 16.0 Å². The molecular weight excluding hydrogens is 300 g/mol. The third-order valence-corrected chi connectivity index (χ3v) is 4.20. The highest BCUT2D eigenvalue weighted by molar-refractivity contribution is 6.29. The summed E-state index contributed by atoms with van der Waals surface area (Å²) in [6.07, 6.45) is 2.80. The molecule has 0 heterocycles. The van der Waals surface area contributed by atoms with Crippen molar-refractivity contribution in [3.63, 3.8) is 0 Å². The van der Waals surface area contributed by atoms with E-state index >= 15 is 0 Å². The highest BCUT2D eigenvalue weighted by Crippen LogP contribution is 2.29. The van der Waals surface area contributed by atoms with Crippen LogP contribution in [-0.4, -0.2) is 30.8 Å². The Morgan fingerprint density at radius 1 is 1.36 bits per heavy atom. The summed E-state index contributed by atoms with van der Waals surface area (Å²) in [6.45, 7) is 4.96. The van der Waals surface area contributed by atoms with Crippen LogP contribution in [0.15, 0.2) is 18.2 Å². The number of halogens is 1. The van der Waals surface area contributed by atoms with Crippen molar-refractivity contribution in [2.75, 3.05) is 23.9 Å². The maximum absolute atomic E-state index is 12.2. The molecule has 0 bridgehead atoms. The Hall–Kier alpha value is -1.55. The van der Waals surface area contributed by atoms with Gasteiger partial charge in [-0.1, -0.05) is 25.1 Å². The number of rotatable bonds is 7. The largest absolute Gasteiger partial charge is 0.354 e. The SMILES string of the molecule is CCc1cccc(C)c1N(CCNC(=O)C1CC1)C(=O)CCl. The molecule has 22 heavy (non-hydrogen) atoms. The van der Waals surface area contributed by atoms with E-state index in [1.165, 1.54) is 0 Å². The Morgan fingerprint density at radius 2 is 2.09 bits per heavy atom. The minimum Gasteiger partial charge on any atom is -0.354 e. The van der Waals surface area contributed by atoms with Gasteiger partial charge < -0.3 is 10.2 Å². The second-order valence-corrected chi connectivity index (χ2v) is 5.95. The Labute approximate surface area is 136 Å². The third-order valence-electron chi connectivity index (χ3n) is 3.97. The quantitative estimate of drug-likeness (QED) is 0.785. The molecular formula is C17H23ClN2O2. The van der Waals surface area contributed by atoms with Crippen molar-refractivity contribution in [1.29, 1.82) is 0 Å². The van der Waals surface area contributed by atoms with Crippen LogP contribution in [0, 0.1) is 12.8 Å². The number of benzene rings is 1. The summed E-state index contributed by atoms with van der Waals surface area (Å²) < 4.78 is 0. The first kappa shape index (κ1) is 16.8. The minimum atomic E-state index is -0.133. The van der Waals surface area contributed by atoms with Crippen LogP contribution in [0.5, 0.6) is 0 Å². The van der Waals surface area contributed by atoms with Crippen molar-refractivity contribution in [3.8, 4) is 0 Å². The molecule has 2 rings (SSSR count). The Balaban J connectivity index is 2.12. The molecule has 0 spiro atoms. The lowest BCUT2D eigenvalue weighted by atomic mass is 10.0. The topological polar surface area (TPSA) is 49.4 Å². The summed E-state index contributed by atoms with van der Waals surface area (Å²) in [5, 5.41) is 2.90. The maximum Gasteiger partial charge on any atom is 0.241 e. The van der Waals surface area contributed by atoms with Crippen LogP contribution in [0.3, 0.4) is 0 Å². The minimum absolute atomic E-state index is 0.0614. The first-order chi connectivity index (χ1) is 10.6. The number of alkyl halides is 1. The molecule has 1 aromatic rings. The van der Waals surface area contributed by atoms with E-state index in [4.69, 9.17) is 11.6 Å². The molecule has 1 aromatic carbocycles. The number of anilines is 1. The highest BCUT2D eigenvalue weighted by atomic mass is 35.5. The van der Waals surface area contributed by atoms with Crippen LogP contribution in [0.1, 0.15) is 30.9 Å². The summed E-state index contributed by atoms with van der Waals surface area (Å²) in [4.78, 5) is 25.7. The van der Waals surface area contributed by atoms with Gasteiger partial charge in [-0.05, 0) is 37.3 Å². The molecule has 1 saturated carbocycles. The summed E-state index contributed by atoms with van der Waals surface area (Å²) in [5.74, 6) is 0.0839. The standard InChI is InChI=1S/C17H23ClN2O2/c1-3-13-6-4-5-12(2)16(13)20(15(21)11-18)10-9-19-17(22)14-7-8-14/h4-6,14H,3,7-11H2,1-2H3,(H,19,22). The van der Waals surface area contributed by atoms with E-state index in [0.717, 1.165) is 36.1 Å². The molecule has 1 aliphatic carbocycles. The van der Waals surface area contributed by atoms with Crippen molar-refractivity contribution in [2.45, 2.75) is 33.1 Å². The van der Waals surface area contributed by atoms with Gasteiger partial charge in [0.05, 0.1) is 0 Å². The lowest BCUT2D eigenvalue weighted by Gasteiger charge is -2.26. The number of nitrogens with zero attached hydrogens (tertiary/aromatic N) is 1. The van der Waals surface area contributed by atoms with Gasteiger partial charge in [0.2, 0.25) is 11.8 Å². The lowest BCUT2D eigenvalue weighted by Crippen LogP contribution is -2.40. The third kappa shape index (κ3) is 4.01. The summed E-state index contributed by atoms with van der Waals surface area (Å²) >= 11 is 5.77. The van der Waals surface area contributed by atoms with E-state index in [2.05, 4.69) is 12.2 Å². The zero-order valence-electron chi connectivity index (χ0n) is 13.2. The Bertz CT molecular complexity index is 556. The average Bonchev–Trinajstić information content (AvgIpc) is 3.36. The van der Waals surface area contributed by atoms with E-state index in [-0.39, 0.29) is 23.6 Å². The molecule has 0 saturated heterocycles. The molecule has 0 atom stereocenters. The summed E-state index contributed by atoms with van der Waals surface area (Å²) in [7, 11) is 0. The van der Waals surface area contributed by atoms with Crippen LogP contribution >= 0.6 is 11.6 Å². The molecule has 1 N–H and O–H groups in total. The highest BCUT2D eigenvalue weighted by Gasteiger charge is 2.29. The fourth-order valence-corrected chi connectivity index (χ4v) is 2.75. The van der Waals surface area contributed by atoms with Crippen molar-refractivity contribution in [2.24, 2.45) is 5.92 Å². The second kappa shape index (κ2) is 7.63. The molecule has 1 fully saturated rings. The van der Waals surface area contributed by atoms with Crippen LogP contribution in [0.4, 0.5) is 5.69 Å². The van der Waals surface area contributed by atoms with Crippen LogP contribution in [0.2, 0.25) is 0 Å². The second-order valence-electron chi connectivity index (χ2n) is 5.68. The van der Waals surface area contributed by atoms with Crippen LogP contribution in [0.25, 0.3) is 0 Å². The number of carbonyl (C=O) groups is 2. The first-order valence-electron chi connectivity index (χ1n) is 7.81. The number of amides is 2. The number of nitrogens with one attached hydrogen (secondary N) is 1. The van der Waals surface area contributed by atoms with Gasteiger partial charge in [-0.3, -0.25) is 9.59 Å². The van der Waals surface area contributed by atoms with E-state index in [1.54, 1.807) is 4.90 Å². The molecule has 0 aromatic heterocycles. The van der Waals surface area contributed by atoms with E-state index in [9.17, 15) is 9.59 Å². The fraction of sp³-hybridized carbons (Fsp3) is 0.529. The molecule has 0 radical (unpaired) electrons. The molecule has 2 amide bonds. The normalized spacial score (nSPS) is 13.8. The molecule has 0 unspecified atom stereocenters. The van der Waals surface area contributed by atoms with Gasteiger partial charge in [0.1, 0.15) is 5.88 Å². The number of hydrogen-bond acceptors (Lipinski definition) is 2. The Morgan fingerprint density at radius 3 is 2.68 bits per heavy atom. The van der Waals surface area contributed by atoms with Crippen LogP contribution < -0.4 is 10.2 Å². The molecule has 0 aliphatic heterocycles. The van der Waals surface area contributed by atoms with Crippen molar-refractivity contribution in [1.82, 2.24) is 5.32 Å². The van der Waals surface area contributed by atoms with E-state index in [0.29, 0.717) is 13.1 Å². The summed E-state index contributed by atoms with van der Waals surface area (Å²) in [5.41, 5.74) is 3.09. The van der Waals surface area contributed by atoms with Crippen molar-refractivity contribution < 1.29 is 9.59 Å². The number of para-hydroxylation sites is 1. The van der Waals surface area contributed by atoms with Crippen molar-refractivity contribution in [3.05, 3.63) is 29.3 Å². The predicted molar refractivity (Wildman–Crippen MR) is 89.4 cm³/mol. The van der Waals surface area contributed by atoms with E-state index < -0.39 is 0 Å². The summed E-state index contributed by atoms with van der Waals surface area (Å²) in [6, 6.07) is 6.02. The molecule has 120 valence electrons.